The van der Waals surface area contributed by atoms with Crippen LogP contribution in [-0.2, 0) is 0 Å². The zero-order valence-corrected chi connectivity index (χ0v) is 8.66. The first-order chi connectivity index (χ1) is 6.57. The summed E-state index contributed by atoms with van der Waals surface area (Å²) in [5, 5.41) is 0. The Labute approximate surface area is 92.2 Å². The van der Waals surface area contributed by atoms with E-state index in [0.717, 1.165) is 12.1 Å². The van der Waals surface area contributed by atoms with E-state index in [1.54, 1.807) is 0 Å². The molecule has 1 aromatic carbocycles. The Bertz CT molecular complexity index is 355. The molecule has 0 aliphatic rings. The molecule has 0 bridgehead atoms. The van der Waals surface area contributed by atoms with Crippen LogP contribution < -0.4 is 5.73 Å². The maximum atomic E-state index is 13.1. The summed E-state index contributed by atoms with van der Waals surface area (Å²) >= 11 is 0. The second-order valence-corrected chi connectivity index (χ2v) is 2.90. The lowest BCUT2D eigenvalue weighted by Crippen LogP contribution is -2.12. The van der Waals surface area contributed by atoms with E-state index >= 15 is 0 Å². The van der Waals surface area contributed by atoms with Gasteiger partial charge >= 0.3 is 0 Å². The van der Waals surface area contributed by atoms with Crippen molar-refractivity contribution in [3.8, 4) is 0 Å². The van der Waals surface area contributed by atoms with Crippen LogP contribution in [0.25, 0.3) is 0 Å². The Morgan fingerprint density at radius 3 is 2.40 bits per heavy atom. The van der Waals surface area contributed by atoms with E-state index in [4.69, 9.17) is 5.73 Å². The zero-order valence-electron chi connectivity index (χ0n) is 7.84. The fourth-order valence-corrected chi connectivity index (χ4v) is 1.13. The average molecular weight is 238 g/mol. The van der Waals surface area contributed by atoms with Crippen molar-refractivity contribution in [1.29, 1.82) is 0 Å². The molecule has 0 saturated carbocycles. The minimum atomic E-state index is -1.48. The third kappa shape index (κ3) is 2.97. The average Bonchev–Trinajstić information content (AvgIpc) is 2.15. The fraction of sp³-hybridized carbons (Fsp3) is 0.200. The minimum Gasteiger partial charge on any atom is -0.324 e. The van der Waals surface area contributed by atoms with Crippen molar-refractivity contribution in [3.63, 3.8) is 0 Å². The normalized spacial score (nSPS) is 11.7. The van der Waals surface area contributed by atoms with Crippen LogP contribution >= 0.6 is 12.4 Å². The molecule has 0 heterocycles. The van der Waals surface area contributed by atoms with Crippen LogP contribution in [0.2, 0.25) is 0 Å². The number of benzene rings is 1. The quantitative estimate of drug-likeness (QED) is 0.635. The second-order valence-electron chi connectivity index (χ2n) is 2.90. The fourth-order valence-electron chi connectivity index (χ4n) is 1.13. The number of hydrogen-bond acceptors (Lipinski definition) is 1. The number of rotatable bonds is 3. The van der Waals surface area contributed by atoms with Crippen LogP contribution in [0.3, 0.4) is 0 Å². The Kier molecular flexibility index (Phi) is 5.39. The van der Waals surface area contributed by atoms with Crippen LogP contribution in [0.15, 0.2) is 24.8 Å². The largest absolute Gasteiger partial charge is 0.324 e. The molecule has 5 heteroatoms. The van der Waals surface area contributed by atoms with Gasteiger partial charge in [0.1, 0.15) is 0 Å². The topological polar surface area (TPSA) is 26.0 Å². The van der Waals surface area contributed by atoms with Gasteiger partial charge in [0.15, 0.2) is 17.5 Å². The van der Waals surface area contributed by atoms with Gasteiger partial charge in [0.25, 0.3) is 0 Å². The molecule has 0 unspecified atom stereocenters. The smallest absolute Gasteiger partial charge is 0.194 e. The minimum absolute atomic E-state index is 0. The van der Waals surface area contributed by atoms with E-state index in [9.17, 15) is 13.2 Å². The van der Waals surface area contributed by atoms with Gasteiger partial charge in [-0.2, -0.15) is 0 Å². The highest BCUT2D eigenvalue weighted by atomic mass is 35.5. The van der Waals surface area contributed by atoms with Crippen molar-refractivity contribution in [2.45, 2.75) is 12.5 Å². The van der Waals surface area contributed by atoms with Gasteiger partial charge in [-0.15, -0.1) is 19.0 Å². The summed E-state index contributed by atoms with van der Waals surface area (Å²) in [5.74, 6) is -3.92. The van der Waals surface area contributed by atoms with Gasteiger partial charge in [0.05, 0.1) is 0 Å². The van der Waals surface area contributed by atoms with Gasteiger partial charge in [-0.3, -0.25) is 0 Å². The molecule has 0 aliphatic heterocycles. The Morgan fingerprint density at radius 1 is 1.27 bits per heavy atom. The van der Waals surface area contributed by atoms with Gasteiger partial charge < -0.3 is 5.73 Å². The van der Waals surface area contributed by atoms with Gasteiger partial charge in [-0.25, -0.2) is 13.2 Å². The zero-order chi connectivity index (χ0) is 10.7. The first-order valence-corrected chi connectivity index (χ1v) is 4.07. The number of nitrogens with two attached hydrogens (primary N) is 1. The van der Waals surface area contributed by atoms with Gasteiger partial charge in [-0.05, 0) is 12.5 Å². The molecule has 84 valence electrons. The molecule has 15 heavy (non-hydrogen) atoms. The second kappa shape index (κ2) is 5.78. The van der Waals surface area contributed by atoms with E-state index in [-0.39, 0.29) is 18.0 Å². The van der Waals surface area contributed by atoms with E-state index in [2.05, 4.69) is 6.58 Å². The lowest BCUT2D eigenvalue weighted by Gasteiger charge is -2.10. The molecule has 1 aromatic rings. The Balaban J connectivity index is 0.00000196. The highest BCUT2D eigenvalue weighted by Crippen LogP contribution is 2.21. The van der Waals surface area contributed by atoms with Crippen molar-refractivity contribution in [3.05, 3.63) is 47.8 Å². The summed E-state index contributed by atoms with van der Waals surface area (Å²) in [7, 11) is 0. The molecule has 0 saturated heterocycles. The van der Waals surface area contributed by atoms with E-state index in [0.29, 0.717) is 6.42 Å². The first kappa shape index (κ1) is 14.0. The summed E-state index contributed by atoms with van der Waals surface area (Å²) in [6, 6.07) is 1.31. The molecule has 0 amide bonds. The maximum absolute atomic E-state index is 13.1. The molecular weight excluding hydrogens is 227 g/mol. The summed E-state index contributed by atoms with van der Waals surface area (Å²) in [4.78, 5) is 0. The summed E-state index contributed by atoms with van der Waals surface area (Å²) < 4.78 is 38.4. The number of hydrogen-bond donors (Lipinski definition) is 1. The third-order valence-electron chi connectivity index (χ3n) is 1.89. The highest BCUT2D eigenvalue weighted by Gasteiger charge is 2.16. The van der Waals surface area contributed by atoms with Crippen LogP contribution in [0, 0.1) is 17.5 Å². The van der Waals surface area contributed by atoms with E-state index < -0.39 is 23.5 Å². The maximum Gasteiger partial charge on any atom is 0.194 e. The molecular formula is C10H11ClF3N. The van der Waals surface area contributed by atoms with E-state index in [1.807, 2.05) is 0 Å². The van der Waals surface area contributed by atoms with Crippen LogP contribution in [0.5, 0.6) is 0 Å². The third-order valence-corrected chi connectivity index (χ3v) is 1.89. The lowest BCUT2D eigenvalue weighted by molar-refractivity contribution is 0.435. The standard InChI is InChI=1S/C10H10F3N.ClH/c1-2-3-8(14)6-4-5-7(11)10(13)9(6)12;/h2,4-5,8H,1,3,14H2;1H/t8-;/m1./s1. The predicted octanol–water partition coefficient (Wildman–Crippen LogP) is 3.10. The first-order valence-electron chi connectivity index (χ1n) is 4.07. The molecule has 0 spiro atoms. The van der Waals surface area contributed by atoms with Crippen molar-refractivity contribution >= 4 is 12.4 Å². The summed E-state index contributed by atoms with van der Waals surface area (Å²) in [6.07, 6.45) is 1.80. The lowest BCUT2D eigenvalue weighted by atomic mass is 10.0. The van der Waals surface area contributed by atoms with Gasteiger partial charge in [-0.1, -0.05) is 12.1 Å². The molecule has 1 nitrogen and oxygen atoms in total. The molecule has 1 rings (SSSR count). The van der Waals surface area contributed by atoms with Crippen molar-refractivity contribution in [2.24, 2.45) is 5.73 Å². The SMILES string of the molecule is C=CC[C@@H](N)c1ccc(F)c(F)c1F.Cl. The molecule has 0 aromatic heterocycles. The molecule has 0 fully saturated rings. The van der Waals surface area contributed by atoms with E-state index in [1.165, 1.54) is 6.08 Å². The highest BCUT2D eigenvalue weighted by molar-refractivity contribution is 5.85. The Hall–Kier alpha value is -1.00. The summed E-state index contributed by atoms with van der Waals surface area (Å²) in [6.45, 7) is 3.43. The van der Waals surface area contributed by atoms with Crippen LogP contribution in [-0.4, -0.2) is 0 Å². The monoisotopic (exact) mass is 237 g/mol. The van der Waals surface area contributed by atoms with Crippen molar-refractivity contribution < 1.29 is 13.2 Å². The Morgan fingerprint density at radius 2 is 1.87 bits per heavy atom. The molecule has 2 N–H and O–H groups in total. The molecule has 0 radical (unpaired) electrons. The number of halogens is 4. The van der Waals surface area contributed by atoms with Crippen molar-refractivity contribution in [2.75, 3.05) is 0 Å². The van der Waals surface area contributed by atoms with Gasteiger partial charge in [0.2, 0.25) is 0 Å². The van der Waals surface area contributed by atoms with Crippen molar-refractivity contribution in [1.82, 2.24) is 0 Å². The van der Waals surface area contributed by atoms with Gasteiger partial charge in [0, 0.05) is 11.6 Å². The van der Waals surface area contributed by atoms with Crippen LogP contribution in [0.4, 0.5) is 13.2 Å². The predicted molar refractivity (Wildman–Crippen MR) is 55.3 cm³/mol. The molecule has 1 atom stereocenters. The molecule has 0 aliphatic carbocycles. The van der Waals surface area contributed by atoms with Crippen LogP contribution in [0.1, 0.15) is 18.0 Å². The summed E-state index contributed by atoms with van der Waals surface area (Å²) in [5.41, 5.74) is 5.49.